The Hall–Kier alpha value is -1.43. The number of hydrogen-bond acceptors (Lipinski definition) is 4. The van der Waals surface area contributed by atoms with Gasteiger partial charge < -0.3 is 44.2 Å². The van der Waals surface area contributed by atoms with Gasteiger partial charge in [-0.25, -0.2) is 9.97 Å². The van der Waals surface area contributed by atoms with Crippen LogP contribution in [-0.2, 0) is 48.0 Å². The van der Waals surface area contributed by atoms with Crippen LogP contribution in [0.5, 0.6) is 0 Å². The summed E-state index contributed by atoms with van der Waals surface area (Å²) >= 11 is 0. The largest absolute Gasteiger partial charge is 2.00 e. The molecule has 0 spiro atoms. The Morgan fingerprint density at radius 1 is 0.690 bits per heavy atom. The Balaban J connectivity index is 0.000000490. The number of benzene rings is 2. The van der Waals surface area contributed by atoms with Gasteiger partial charge in [0.25, 0.3) is 0 Å². The van der Waals surface area contributed by atoms with Gasteiger partial charge in [-0.15, -0.1) is 0 Å². The average molecular weight is 618 g/mol. The van der Waals surface area contributed by atoms with Crippen molar-refractivity contribution in [1.29, 1.82) is 0 Å². The van der Waals surface area contributed by atoms with E-state index in [-0.39, 0.29) is 59.1 Å². The Morgan fingerprint density at radius 2 is 1.03 bits per heavy atom. The maximum Gasteiger partial charge on any atom is 2.00 e. The Kier molecular flexibility index (Phi) is 12.3. The van der Waals surface area contributed by atoms with Gasteiger partial charge in [0.1, 0.15) is 11.6 Å². The second-order valence-electron chi connectivity index (χ2n) is 6.10. The van der Waals surface area contributed by atoms with Crippen LogP contribution in [0.4, 0.5) is 0 Å². The molecule has 0 bridgehead atoms. The summed E-state index contributed by atoms with van der Waals surface area (Å²) in [7, 11) is 3.95. The van der Waals surface area contributed by atoms with E-state index in [4.69, 9.17) is 10.2 Å². The maximum atomic E-state index is 8.82. The summed E-state index contributed by atoms with van der Waals surface area (Å²) in [5.41, 5.74) is 4.22. The predicted molar refractivity (Wildman–Crippen MR) is 103 cm³/mol. The van der Waals surface area contributed by atoms with E-state index in [1.54, 1.807) is 0 Å². The van der Waals surface area contributed by atoms with Crippen molar-refractivity contribution in [3.8, 4) is 0 Å². The third kappa shape index (κ3) is 6.27. The molecular weight excluding hydrogens is 594 g/mol. The first-order chi connectivity index (χ1) is 12.7. The van der Waals surface area contributed by atoms with Crippen LogP contribution in [0.25, 0.3) is 22.1 Å². The van der Waals surface area contributed by atoms with E-state index in [0.29, 0.717) is 12.8 Å². The number of nitrogens with zero attached hydrogens (tertiary/aromatic N) is 4. The summed E-state index contributed by atoms with van der Waals surface area (Å²) in [6, 6.07) is 16.0. The minimum absolute atomic E-state index is 0. The van der Waals surface area contributed by atoms with Crippen LogP contribution in [0.1, 0.15) is 11.6 Å². The zero-order chi connectivity index (χ0) is 18.5. The number of aliphatic hydroxyl groups excluding tert-OH is 2. The number of fused-ring (bicyclic) bond motifs is 2. The summed E-state index contributed by atoms with van der Waals surface area (Å²) in [4.78, 5) is 8.81. The fourth-order valence-electron chi connectivity index (χ4n) is 3.04. The van der Waals surface area contributed by atoms with Crippen molar-refractivity contribution in [2.75, 3.05) is 13.2 Å². The van der Waals surface area contributed by atoms with Crippen LogP contribution in [0.15, 0.2) is 48.5 Å². The van der Waals surface area contributed by atoms with Crippen LogP contribution in [0.3, 0.4) is 0 Å². The molecule has 0 amide bonds. The fraction of sp³-hybridized carbons (Fsp3) is 0.300. The van der Waals surface area contributed by atoms with E-state index in [2.05, 4.69) is 9.97 Å². The molecule has 29 heavy (non-hydrogen) atoms. The average Bonchev–Trinajstić information content (AvgIpc) is 3.15. The van der Waals surface area contributed by atoms with Gasteiger partial charge in [-0.1, -0.05) is 24.3 Å². The van der Waals surface area contributed by atoms with Crippen LogP contribution < -0.4 is 24.8 Å². The number of aliphatic hydroxyl groups is 2. The van der Waals surface area contributed by atoms with Gasteiger partial charge in [0.05, 0.1) is 35.3 Å². The van der Waals surface area contributed by atoms with Gasteiger partial charge in [0, 0.05) is 26.9 Å². The number of aryl methyl sites for hydroxylation is 2. The van der Waals surface area contributed by atoms with Crippen molar-refractivity contribution in [2.24, 2.45) is 14.1 Å². The molecule has 0 unspecified atom stereocenters. The Bertz CT molecular complexity index is 938. The van der Waals surface area contributed by atoms with E-state index in [9.17, 15) is 0 Å². The van der Waals surface area contributed by atoms with Gasteiger partial charge in [-0.3, -0.25) is 0 Å². The SMILES string of the molecule is Cn1c(CCO)nc2ccccc21.Cn1c(CCO)nc2ccccc21.[Cl-].[Cl-].[Pt+2]. The fourth-order valence-corrected chi connectivity index (χ4v) is 3.04. The molecule has 2 heterocycles. The van der Waals surface area contributed by atoms with Crippen molar-refractivity contribution in [2.45, 2.75) is 12.8 Å². The van der Waals surface area contributed by atoms with Crippen molar-refractivity contribution in [1.82, 2.24) is 19.1 Å². The first-order valence-electron chi connectivity index (χ1n) is 8.68. The third-order valence-corrected chi connectivity index (χ3v) is 4.43. The molecule has 0 aliphatic rings. The molecule has 2 aromatic heterocycles. The molecule has 0 radical (unpaired) electrons. The van der Waals surface area contributed by atoms with E-state index in [1.807, 2.05) is 71.8 Å². The molecule has 0 aliphatic carbocycles. The van der Waals surface area contributed by atoms with Gasteiger partial charge in [0.2, 0.25) is 0 Å². The van der Waals surface area contributed by atoms with Crippen LogP contribution >= 0.6 is 0 Å². The smallest absolute Gasteiger partial charge is 1.00 e. The van der Waals surface area contributed by atoms with E-state index >= 15 is 0 Å². The van der Waals surface area contributed by atoms with Gasteiger partial charge in [-0.05, 0) is 24.3 Å². The summed E-state index contributed by atoms with van der Waals surface area (Å²) in [5.74, 6) is 1.87. The molecule has 2 aromatic carbocycles. The number of para-hydroxylation sites is 4. The molecule has 0 saturated heterocycles. The van der Waals surface area contributed by atoms with Crippen LogP contribution in [0, 0.1) is 0 Å². The number of halogens is 2. The van der Waals surface area contributed by atoms with Crippen LogP contribution in [-0.4, -0.2) is 42.5 Å². The molecule has 9 heteroatoms. The van der Waals surface area contributed by atoms with Crippen molar-refractivity contribution in [3.63, 3.8) is 0 Å². The van der Waals surface area contributed by atoms with E-state index in [1.165, 1.54) is 0 Å². The minimum Gasteiger partial charge on any atom is -1.00 e. The molecule has 0 atom stereocenters. The number of rotatable bonds is 4. The van der Waals surface area contributed by atoms with Crippen LogP contribution in [0.2, 0.25) is 0 Å². The third-order valence-electron chi connectivity index (χ3n) is 4.43. The normalized spacial score (nSPS) is 9.79. The molecular formula is C20H24Cl2N4O2Pt. The summed E-state index contributed by atoms with van der Waals surface area (Å²) in [6.45, 7) is 0.300. The van der Waals surface area contributed by atoms with E-state index in [0.717, 1.165) is 33.7 Å². The van der Waals surface area contributed by atoms with E-state index < -0.39 is 0 Å². The number of imidazole rings is 2. The molecule has 160 valence electrons. The summed E-state index contributed by atoms with van der Waals surface area (Å²) < 4.78 is 4.04. The van der Waals surface area contributed by atoms with Gasteiger partial charge >= 0.3 is 21.1 Å². The molecule has 4 aromatic rings. The van der Waals surface area contributed by atoms with Crippen molar-refractivity contribution >= 4 is 22.1 Å². The molecule has 6 nitrogen and oxygen atoms in total. The number of hydrogen-bond donors (Lipinski definition) is 2. The molecule has 0 fully saturated rings. The maximum absolute atomic E-state index is 8.82. The second kappa shape index (κ2) is 13.0. The molecule has 0 saturated carbocycles. The zero-order valence-corrected chi connectivity index (χ0v) is 20.0. The number of aromatic nitrogens is 4. The molecule has 4 rings (SSSR count). The minimum atomic E-state index is 0. The predicted octanol–water partition coefficient (Wildman–Crippen LogP) is -3.78. The summed E-state index contributed by atoms with van der Waals surface area (Å²) in [6.07, 6.45) is 1.23. The molecule has 0 aliphatic heterocycles. The standard InChI is InChI=1S/2C10H12N2O.2ClH.Pt/c2*1-12-9-5-3-2-4-8(9)11-10(12)6-7-13;;;/h2*2-5,13H,6-7H2,1H3;2*1H;/q;;;;+2/p-2. The molecule has 2 N–H and O–H groups in total. The Labute approximate surface area is 197 Å². The Morgan fingerprint density at radius 3 is 1.34 bits per heavy atom. The zero-order valence-electron chi connectivity index (χ0n) is 16.2. The van der Waals surface area contributed by atoms with Gasteiger partial charge in [0.15, 0.2) is 0 Å². The first kappa shape index (κ1) is 27.6. The van der Waals surface area contributed by atoms with Crippen molar-refractivity contribution < 1.29 is 56.1 Å². The van der Waals surface area contributed by atoms with Gasteiger partial charge in [-0.2, -0.15) is 0 Å². The summed E-state index contributed by atoms with van der Waals surface area (Å²) in [5, 5.41) is 17.6. The quantitative estimate of drug-likeness (QED) is 0.247. The second-order valence-corrected chi connectivity index (χ2v) is 6.10. The first-order valence-corrected chi connectivity index (χ1v) is 8.68. The topological polar surface area (TPSA) is 76.1 Å². The van der Waals surface area contributed by atoms with Crippen molar-refractivity contribution in [3.05, 3.63) is 60.2 Å². The monoisotopic (exact) mass is 617 g/mol.